The van der Waals surface area contributed by atoms with Crippen LogP contribution in [0, 0.1) is 0 Å². The molecule has 0 saturated carbocycles. The number of esters is 1. The monoisotopic (exact) mass is 228 g/mol. The van der Waals surface area contributed by atoms with Crippen LogP contribution >= 0.6 is 0 Å². The van der Waals surface area contributed by atoms with E-state index in [-0.39, 0.29) is 5.97 Å². The Kier molecular flexibility index (Phi) is 2.25. The van der Waals surface area contributed by atoms with Crippen LogP contribution in [0.5, 0.6) is 5.75 Å². The zero-order valence-electron chi connectivity index (χ0n) is 9.47. The molecule has 1 aliphatic rings. The number of ether oxygens (including phenoxy) is 2. The fraction of sp³-hybridized carbons (Fsp3) is 0.214. The number of hydrogen-bond donors (Lipinski definition) is 0. The van der Waals surface area contributed by atoms with E-state index < -0.39 is 6.10 Å². The van der Waals surface area contributed by atoms with Crippen molar-refractivity contribution in [2.24, 2.45) is 0 Å². The molecule has 86 valence electrons. The summed E-state index contributed by atoms with van der Waals surface area (Å²) < 4.78 is 10.3. The van der Waals surface area contributed by atoms with Crippen LogP contribution in [0.2, 0.25) is 0 Å². The summed E-state index contributed by atoms with van der Waals surface area (Å²) in [6.45, 7) is 0. The van der Waals surface area contributed by atoms with E-state index in [9.17, 15) is 4.79 Å². The van der Waals surface area contributed by atoms with Crippen LogP contribution < -0.4 is 4.74 Å². The Bertz CT molecular complexity index is 545. The van der Waals surface area contributed by atoms with Crippen molar-refractivity contribution in [3.8, 4) is 5.75 Å². The average molecular weight is 228 g/mol. The highest BCUT2D eigenvalue weighted by molar-refractivity contribution is 5.86. The number of fused-ring (bicyclic) bond motifs is 2. The van der Waals surface area contributed by atoms with Gasteiger partial charge in [-0.25, -0.2) is 4.79 Å². The zero-order chi connectivity index (χ0) is 11.8. The molecule has 2 aromatic carbocycles. The highest BCUT2D eigenvalue weighted by atomic mass is 16.6. The highest BCUT2D eigenvalue weighted by Gasteiger charge is 2.29. The molecule has 1 aliphatic heterocycles. The minimum absolute atomic E-state index is 0.315. The number of rotatable bonds is 1. The van der Waals surface area contributed by atoms with Crippen molar-refractivity contribution in [3.05, 3.63) is 42.0 Å². The standard InChI is InChI=1S/C14H12O3/c1-16-14(15)13-8-11-6-9-4-2-3-5-10(9)7-12(11)17-13/h2-7,13H,8H2,1H3/t13-/m1/s1. The first-order valence-corrected chi connectivity index (χ1v) is 5.54. The molecule has 0 spiro atoms. The largest absolute Gasteiger partial charge is 0.478 e. The van der Waals surface area contributed by atoms with Crippen LogP contribution in [0.3, 0.4) is 0 Å². The van der Waals surface area contributed by atoms with Gasteiger partial charge in [0.05, 0.1) is 7.11 Å². The average Bonchev–Trinajstić information content (AvgIpc) is 2.77. The van der Waals surface area contributed by atoms with E-state index in [1.54, 1.807) is 0 Å². The Morgan fingerprint density at radius 2 is 2.00 bits per heavy atom. The van der Waals surface area contributed by atoms with E-state index in [4.69, 9.17) is 9.47 Å². The summed E-state index contributed by atoms with van der Waals surface area (Å²) in [6, 6.07) is 12.1. The quantitative estimate of drug-likeness (QED) is 0.703. The van der Waals surface area contributed by atoms with Gasteiger partial charge >= 0.3 is 5.97 Å². The number of carbonyl (C=O) groups is 1. The number of carbonyl (C=O) groups excluding carboxylic acids is 1. The molecule has 3 nitrogen and oxygen atoms in total. The van der Waals surface area contributed by atoms with E-state index in [0.717, 1.165) is 16.7 Å². The predicted molar refractivity (Wildman–Crippen MR) is 64.1 cm³/mol. The minimum atomic E-state index is -0.494. The van der Waals surface area contributed by atoms with Gasteiger partial charge in [0.25, 0.3) is 0 Å². The Hall–Kier alpha value is -2.03. The summed E-state index contributed by atoms with van der Waals surface area (Å²) in [7, 11) is 1.38. The van der Waals surface area contributed by atoms with Gasteiger partial charge in [0, 0.05) is 6.42 Å². The zero-order valence-corrected chi connectivity index (χ0v) is 9.47. The molecule has 0 bridgehead atoms. The second-order valence-electron chi connectivity index (χ2n) is 4.14. The van der Waals surface area contributed by atoms with Gasteiger partial charge in [-0.3, -0.25) is 0 Å². The Morgan fingerprint density at radius 1 is 1.29 bits per heavy atom. The molecule has 0 aromatic heterocycles. The van der Waals surface area contributed by atoms with Crippen molar-refractivity contribution in [2.45, 2.75) is 12.5 Å². The maximum atomic E-state index is 11.4. The number of benzene rings is 2. The number of hydrogen-bond acceptors (Lipinski definition) is 3. The third kappa shape index (κ3) is 1.64. The molecule has 0 radical (unpaired) electrons. The van der Waals surface area contributed by atoms with Crippen molar-refractivity contribution >= 4 is 16.7 Å². The van der Waals surface area contributed by atoms with Crippen LogP contribution in [0.4, 0.5) is 0 Å². The molecule has 3 rings (SSSR count). The van der Waals surface area contributed by atoms with Gasteiger partial charge < -0.3 is 9.47 Å². The molecule has 3 heteroatoms. The molecular weight excluding hydrogens is 216 g/mol. The molecule has 0 saturated heterocycles. The lowest BCUT2D eigenvalue weighted by atomic mass is 10.0. The summed E-state index contributed by atoms with van der Waals surface area (Å²) in [5.41, 5.74) is 1.07. The number of methoxy groups -OCH3 is 1. The molecule has 1 heterocycles. The molecule has 2 aromatic rings. The highest BCUT2D eigenvalue weighted by Crippen LogP contribution is 2.33. The predicted octanol–water partition coefficient (Wildman–Crippen LogP) is 2.32. The van der Waals surface area contributed by atoms with E-state index in [1.165, 1.54) is 12.5 Å². The maximum Gasteiger partial charge on any atom is 0.347 e. The fourth-order valence-electron chi connectivity index (χ4n) is 2.19. The van der Waals surface area contributed by atoms with Gasteiger partial charge in [0.2, 0.25) is 0 Å². The van der Waals surface area contributed by atoms with E-state index >= 15 is 0 Å². The normalized spacial score (nSPS) is 17.6. The fourth-order valence-corrected chi connectivity index (χ4v) is 2.19. The Morgan fingerprint density at radius 3 is 2.71 bits per heavy atom. The Labute approximate surface area is 99.0 Å². The van der Waals surface area contributed by atoms with Gasteiger partial charge in [-0.05, 0) is 28.5 Å². The molecule has 17 heavy (non-hydrogen) atoms. The first-order chi connectivity index (χ1) is 8.28. The Balaban J connectivity index is 2.02. The molecule has 0 aliphatic carbocycles. The van der Waals surface area contributed by atoms with Crippen molar-refractivity contribution in [3.63, 3.8) is 0 Å². The van der Waals surface area contributed by atoms with Gasteiger partial charge in [-0.15, -0.1) is 0 Å². The van der Waals surface area contributed by atoms with Crippen LogP contribution in [0.1, 0.15) is 5.56 Å². The second-order valence-corrected chi connectivity index (χ2v) is 4.14. The summed E-state index contributed by atoms with van der Waals surface area (Å²) in [6.07, 6.45) is 0.0964. The topological polar surface area (TPSA) is 35.5 Å². The first-order valence-electron chi connectivity index (χ1n) is 5.54. The smallest absolute Gasteiger partial charge is 0.347 e. The minimum Gasteiger partial charge on any atom is -0.478 e. The van der Waals surface area contributed by atoms with Crippen molar-refractivity contribution in [2.75, 3.05) is 7.11 Å². The van der Waals surface area contributed by atoms with Gasteiger partial charge in [-0.1, -0.05) is 24.3 Å². The van der Waals surface area contributed by atoms with Gasteiger partial charge in [0.15, 0.2) is 6.10 Å². The van der Waals surface area contributed by atoms with Crippen molar-refractivity contribution in [1.82, 2.24) is 0 Å². The second kappa shape index (κ2) is 3.77. The maximum absolute atomic E-state index is 11.4. The first kappa shape index (κ1) is 10.1. The summed E-state index contributed by atoms with van der Waals surface area (Å²) in [4.78, 5) is 11.4. The van der Waals surface area contributed by atoms with Crippen molar-refractivity contribution < 1.29 is 14.3 Å². The lowest BCUT2D eigenvalue weighted by molar-refractivity contribution is -0.147. The van der Waals surface area contributed by atoms with Crippen molar-refractivity contribution in [1.29, 1.82) is 0 Å². The summed E-state index contributed by atoms with van der Waals surface area (Å²) in [5.74, 6) is 0.476. The SMILES string of the molecule is COC(=O)[C@H]1Cc2cc3ccccc3cc2O1. The molecule has 0 amide bonds. The van der Waals surface area contributed by atoms with Gasteiger partial charge in [-0.2, -0.15) is 0 Å². The molecule has 0 N–H and O–H groups in total. The van der Waals surface area contributed by atoms with Crippen LogP contribution in [-0.4, -0.2) is 19.2 Å². The van der Waals surface area contributed by atoms with Gasteiger partial charge in [0.1, 0.15) is 5.75 Å². The molecular formula is C14H12O3. The lowest BCUT2D eigenvalue weighted by Crippen LogP contribution is -2.26. The third-order valence-corrected chi connectivity index (χ3v) is 3.07. The van der Waals surface area contributed by atoms with E-state index in [0.29, 0.717) is 6.42 Å². The third-order valence-electron chi connectivity index (χ3n) is 3.07. The molecule has 0 unspecified atom stereocenters. The molecule has 0 fully saturated rings. The lowest BCUT2D eigenvalue weighted by Gasteiger charge is -2.07. The molecule has 1 atom stereocenters. The summed E-state index contributed by atoms with van der Waals surface area (Å²) >= 11 is 0. The van der Waals surface area contributed by atoms with E-state index in [2.05, 4.69) is 12.1 Å². The van der Waals surface area contributed by atoms with E-state index in [1.807, 2.05) is 24.3 Å². The van der Waals surface area contributed by atoms with Crippen LogP contribution in [0.15, 0.2) is 36.4 Å². The van der Waals surface area contributed by atoms with Crippen LogP contribution in [0.25, 0.3) is 10.8 Å². The summed E-state index contributed by atoms with van der Waals surface area (Å²) in [5, 5.41) is 2.29. The van der Waals surface area contributed by atoms with Crippen LogP contribution in [-0.2, 0) is 16.0 Å².